The number of carbonyl (C=O) groups excluding carboxylic acids is 2. The number of hydrogen-bond acceptors (Lipinski definition) is 4. The molecule has 3 rings (SSSR count). The van der Waals surface area contributed by atoms with Gasteiger partial charge in [0.05, 0.1) is 10.4 Å². The highest BCUT2D eigenvalue weighted by Crippen LogP contribution is 2.37. The zero-order chi connectivity index (χ0) is 17.8. The lowest BCUT2D eigenvalue weighted by Crippen LogP contribution is -2.43. The van der Waals surface area contributed by atoms with Gasteiger partial charge in [-0.3, -0.25) is 9.59 Å². The number of anilines is 1. The Morgan fingerprint density at radius 2 is 2.16 bits per heavy atom. The molecule has 1 saturated heterocycles. The summed E-state index contributed by atoms with van der Waals surface area (Å²) < 4.78 is 0.693. The fraction of sp³-hybridized carbons (Fsp3) is 0.294. The van der Waals surface area contributed by atoms with Crippen molar-refractivity contribution in [3.63, 3.8) is 0 Å². The zero-order valence-corrected chi connectivity index (χ0v) is 15.5. The molecule has 5 nitrogen and oxygen atoms in total. The second kappa shape index (κ2) is 8.19. The van der Waals surface area contributed by atoms with Crippen LogP contribution in [-0.4, -0.2) is 30.9 Å². The van der Waals surface area contributed by atoms with Gasteiger partial charge in [-0.15, -0.1) is 11.3 Å². The third-order valence-electron chi connectivity index (χ3n) is 4.14. The van der Waals surface area contributed by atoms with Gasteiger partial charge in [-0.25, -0.2) is 0 Å². The first-order chi connectivity index (χ1) is 12.1. The van der Waals surface area contributed by atoms with Crippen LogP contribution in [0.4, 0.5) is 5.69 Å². The molecular weight excluding hydrogens is 381 g/mol. The second-order valence-corrected chi connectivity index (χ2v) is 8.03. The molecule has 0 aliphatic carbocycles. The quantitative estimate of drug-likeness (QED) is 0.655. The Labute approximate surface area is 159 Å². The number of halogens is 2. The molecule has 0 radical (unpaired) electrons. The Morgan fingerprint density at radius 1 is 1.32 bits per heavy atom. The minimum Gasteiger partial charge on any atom is -0.357 e. The van der Waals surface area contributed by atoms with Crippen molar-refractivity contribution in [3.05, 3.63) is 50.6 Å². The Kier molecular flexibility index (Phi) is 5.96. The Balaban J connectivity index is 1.77. The summed E-state index contributed by atoms with van der Waals surface area (Å²) in [7, 11) is 0. The number of nitrogens with one attached hydrogen (secondary N) is 3. The van der Waals surface area contributed by atoms with Crippen LogP contribution in [0, 0.1) is 0 Å². The number of benzene rings is 1. The Hall–Kier alpha value is -1.60. The molecule has 1 aliphatic heterocycles. The molecule has 25 heavy (non-hydrogen) atoms. The number of rotatable bonds is 6. The summed E-state index contributed by atoms with van der Waals surface area (Å²) >= 11 is 13.5. The predicted octanol–water partition coefficient (Wildman–Crippen LogP) is 3.25. The van der Waals surface area contributed by atoms with Gasteiger partial charge in [0.25, 0.3) is 0 Å². The molecule has 1 aromatic carbocycles. The van der Waals surface area contributed by atoms with Crippen molar-refractivity contribution in [1.29, 1.82) is 0 Å². The van der Waals surface area contributed by atoms with Crippen molar-refractivity contribution in [1.82, 2.24) is 10.6 Å². The normalized spacial score (nSPS) is 22.6. The Bertz CT molecular complexity index is 768. The first-order valence-electron chi connectivity index (χ1n) is 7.81. The van der Waals surface area contributed by atoms with Crippen LogP contribution in [0.3, 0.4) is 0 Å². The largest absolute Gasteiger partial charge is 0.357 e. The average molecular weight is 398 g/mol. The van der Waals surface area contributed by atoms with Gasteiger partial charge in [-0.1, -0.05) is 29.3 Å². The van der Waals surface area contributed by atoms with Crippen LogP contribution in [0.1, 0.15) is 17.2 Å². The number of carbonyl (C=O) groups is 2. The second-order valence-electron chi connectivity index (χ2n) is 5.85. The molecule has 3 atom stereocenters. The lowest BCUT2D eigenvalue weighted by Gasteiger charge is -2.18. The molecule has 1 aliphatic rings. The van der Waals surface area contributed by atoms with Gasteiger partial charge in [-0.2, -0.15) is 0 Å². The fourth-order valence-corrected chi connectivity index (χ4v) is 4.47. The van der Waals surface area contributed by atoms with Gasteiger partial charge in [0.1, 0.15) is 0 Å². The van der Waals surface area contributed by atoms with E-state index in [1.54, 1.807) is 24.3 Å². The highest BCUT2D eigenvalue weighted by Gasteiger charge is 2.39. The van der Waals surface area contributed by atoms with Gasteiger partial charge in [0.15, 0.2) is 0 Å². The summed E-state index contributed by atoms with van der Waals surface area (Å²) in [5, 5.41) is 9.45. The van der Waals surface area contributed by atoms with Gasteiger partial charge in [0.2, 0.25) is 12.3 Å². The van der Waals surface area contributed by atoms with Crippen LogP contribution >= 0.6 is 34.5 Å². The van der Waals surface area contributed by atoms with E-state index in [2.05, 4.69) is 16.0 Å². The van der Waals surface area contributed by atoms with Gasteiger partial charge in [-0.05, 0) is 36.8 Å². The molecule has 2 unspecified atom stereocenters. The maximum atomic E-state index is 12.8. The van der Waals surface area contributed by atoms with Gasteiger partial charge < -0.3 is 16.0 Å². The topological polar surface area (TPSA) is 70.2 Å². The van der Waals surface area contributed by atoms with Crippen molar-refractivity contribution < 1.29 is 9.59 Å². The van der Waals surface area contributed by atoms with E-state index < -0.39 is 6.04 Å². The van der Waals surface area contributed by atoms with E-state index in [1.165, 1.54) is 11.3 Å². The summed E-state index contributed by atoms with van der Waals surface area (Å²) in [6.07, 6.45) is 1.41. The molecule has 2 aromatic rings. The zero-order valence-electron chi connectivity index (χ0n) is 13.2. The van der Waals surface area contributed by atoms with E-state index in [4.69, 9.17) is 23.2 Å². The van der Waals surface area contributed by atoms with E-state index in [0.29, 0.717) is 28.0 Å². The number of hydrogen-bond donors (Lipinski definition) is 3. The maximum Gasteiger partial charge on any atom is 0.242 e. The van der Waals surface area contributed by atoms with Gasteiger partial charge >= 0.3 is 0 Å². The number of amides is 2. The van der Waals surface area contributed by atoms with E-state index in [0.717, 1.165) is 11.3 Å². The van der Waals surface area contributed by atoms with E-state index in [1.807, 2.05) is 12.1 Å². The third-order valence-corrected chi connectivity index (χ3v) is 5.74. The molecule has 1 aromatic heterocycles. The molecular formula is C17H17Cl2N3O2S. The van der Waals surface area contributed by atoms with Crippen molar-refractivity contribution >= 4 is 52.5 Å². The highest BCUT2D eigenvalue weighted by atomic mass is 35.5. The first-order valence-corrected chi connectivity index (χ1v) is 9.39. The van der Waals surface area contributed by atoms with Crippen LogP contribution in [-0.2, 0) is 9.59 Å². The summed E-state index contributed by atoms with van der Waals surface area (Å²) in [6, 6.07) is 10.4. The Morgan fingerprint density at radius 3 is 2.84 bits per heavy atom. The van der Waals surface area contributed by atoms with Crippen LogP contribution in [0.2, 0.25) is 9.36 Å². The molecule has 3 N–H and O–H groups in total. The van der Waals surface area contributed by atoms with E-state index in [9.17, 15) is 9.59 Å². The molecule has 1 fully saturated rings. The molecule has 2 heterocycles. The minimum absolute atomic E-state index is 0.00450. The minimum atomic E-state index is -0.410. The molecule has 2 amide bonds. The van der Waals surface area contributed by atoms with Crippen molar-refractivity contribution in [2.75, 3.05) is 11.9 Å². The van der Waals surface area contributed by atoms with Gasteiger partial charge in [0, 0.05) is 34.1 Å². The molecule has 132 valence electrons. The highest BCUT2D eigenvalue weighted by molar-refractivity contribution is 7.16. The van der Waals surface area contributed by atoms with Crippen molar-refractivity contribution in [3.8, 4) is 0 Å². The number of thiophene rings is 1. The molecule has 8 heteroatoms. The predicted molar refractivity (Wildman–Crippen MR) is 102 cm³/mol. The average Bonchev–Trinajstić information content (AvgIpc) is 3.19. The summed E-state index contributed by atoms with van der Waals surface area (Å²) in [4.78, 5) is 24.4. The third kappa shape index (κ3) is 4.52. The maximum absolute atomic E-state index is 12.8. The lowest BCUT2D eigenvalue weighted by atomic mass is 9.96. The SMILES string of the molecule is O=CNC[C@H]1CC(c2ccc(Cl)s2)C(C(=O)Nc2cccc(Cl)c2)N1. The molecule has 0 saturated carbocycles. The van der Waals surface area contributed by atoms with E-state index in [-0.39, 0.29) is 17.9 Å². The fourth-order valence-electron chi connectivity index (χ4n) is 3.07. The lowest BCUT2D eigenvalue weighted by molar-refractivity contribution is -0.118. The molecule has 0 bridgehead atoms. The van der Waals surface area contributed by atoms with Crippen molar-refractivity contribution in [2.24, 2.45) is 0 Å². The van der Waals surface area contributed by atoms with Crippen LogP contribution < -0.4 is 16.0 Å². The summed E-state index contributed by atoms with van der Waals surface area (Å²) in [6.45, 7) is 0.472. The van der Waals surface area contributed by atoms with Crippen molar-refractivity contribution in [2.45, 2.75) is 24.4 Å². The first kappa shape index (κ1) is 18.2. The smallest absolute Gasteiger partial charge is 0.242 e. The summed E-state index contributed by atoms with van der Waals surface area (Å²) in [5.41, 5.74) is 0.650. The van der Waals surface area contributed by atoms with Crippen LogP contribution in [0.25, 0.3) is 0 Å². The van der Waals surface area contributed by atoms with E-state index >= 15 is 0 Å². The van der Waals surface area contributed by atoms with Crippen LogP contribution in [0.5, 0.6) is 0 Å². The summed E-state index contributed by atoms with van der Waals surface area (Å²) in [5.74, 6) is -0.138. The standard InChI is InChI=1S/C17H17Cl2N3O2S/c18-10-2-1-3-11(6-10)22-17(24)16-13(14-4-5-15(19)25-14)7-12(21-16)8-20-9-23/h1-6,9,12-13,16,21H,7-8H2,(H,20,23)(H,22,24)/t12-,13?,16?/m1/s1. The molecule has 0 spiro atoms. The van der Waals surface area contributed by atoms with Crippen LogP contribution in [0.15, 0.2) is 36.4 Å². The monoisotopic (exact) mass is 397 g/mol.